The molecule has 29 heavy (non-hydrogen) atoms. The van der Waals surface area contributed by atoms with Crippen LogP contribution in [0.25, 0.3) is 0 Å². The number of carbonyl (C=O) groups is 1. The number of guanidine groups is 1. The Labute approximate surface area is 190 Å². The van der Waals surface area contributed by atoms with Gasteiger partial charge in [-0.1, -0.05) is 20.8 Å². The van der Waals surface area contributed by atoms with Crippen molar-refractivity contribution in [2.24, 2.45) is 10.9 Å². The van der Waals surface area contributed by atoms with Crippen molar-refractivity contribution < 1.29 is 13.9 Å². The first-order valence-electron chi connectivity index (χ1n) is 10.2. The Kier molecular flexibility index (Phi) is 8.74. The van der Waals surface area contributed by atoms with Gasteiger partial charge in [-0.2, -0.15) is 0 Å². The van der Waals surface area contributed by atoms with Gasteiger partial charge in [0.05, 0.1) is 26.0 Å². The summed E-state index contributed by atoms with van der Waals surface area (Å²) in [6.45, 7) is 11.2. The summed E-state index contributed by atoms with van der Waals surface area (Å²) in [7, 11) is 1.78. The van der Waals surface area contributed by atoms with Crippen LogP contribution in [0.15, 0.2) is 15.6 Å². The second kappa shape index (κ2) is 10.6. The van der Waals surface area contributed by atoms with Gasteiger partial charge in [0.15, 0.2) is 5.96 Å². The zero-order valence-electron chi connectivity index (χ0n) is 17.9. The van der Waals surface area contributed by atoms with E-state index in [1.54, 1.807) is 13.2 Å². The average molecular weight is 519 g/mol. The predicted octanol–water partition coefficient (Wildman–Crippen LogP) is 2.24. The fourth-order valence-corrected chi connectivity index (χ4v) is 3.61. The number of aliphatic imine (C=N–C) groups is 1. The van der Waals surface area contributed by atoms with E-state index in [9.17, 15) is 4.79 Å². The van der Waals surface area contributed by atoms with E-state index in [1.807, 2.05) is 4.90 Å². The fourth-order valence-electron chi connectivity index (χ4n) is 3.61. The van der Waals surface area contributed by atoms with Gasteiger partial charge >= 0.3 is 0 Å². The lowest BCUT2D eigenvalue weighted by molar-refractivity contribution is -0.140. The number of nitrogens with zero attached hydrogens (tertiary/aromatic N) is 4. The molecule has 0 spiro atoms. The van der Waals surface area contributed by atoms with Crippen LogP contribution in [0.3, 0.4) is 0 Å². The number of halogens is 1. The van der Waals surface area contributed by atoms with Crippen molar-refractivity contribution in [1.29, 1.82) is 0 Å². The molecule has 9 heteroatoms. The predicted molar refractivity (Wildman–Crippen MR) is 123 cm³/mol. The van der Waals surface area contributed by atoms with Crippen LogP contribution in [-0.2, 0) is 21.5 Å². The van der Waals surface area contributed by atoms with E-state index < -0.39 is 0 Å². The maximum Gasteiger partial charge on any atom is 0.225 e. The van der Waals surface area contributed by atoms with Gasteiger partial charge in [0.2, 0.25) is 11.8 Å². The van der Waals surface area contributed by atoms with Gasteiger partial charge in [-0.15, -0.1) is 24.0 Å². The highest BCUT2D eigenvalue weighted by Gasteiger charge is 2.30. The molecule has 0 bridgehead atoms. The molecule has 0 aromatic carbocycles. The number of nitrogens with one attached hydrogen (secondary N) is 1. The number of likely N-dealkylation sites (tertiary alicyclic amines) is 1. The Bertz CT molecular complexity index is 687. The molecule has 1 N–H and O–H groups in total. The van der Waals surface area contributed by atoms with Crippen molar-refractivity contribution in [3.63, 3.8) is 0 Å². The second-order valence-corrected chi connectivity index (χ2v) is 8.47. The molecular weight excluding hydrogens is 485 g/mol. The maximum absolute atomic E-state index is 12.7. The molecule has 1 amide bonds. The summed E-state index contributed by atoms with van der Waals surface area (Å²) in [5.74, 6) is 2.74. The minimum atomic E-state index is -0.0537. The zero-order chi connectivity index (χ0) is 20.1. The van der Waals surface area contributed by atoms with Crippen LogP contribution in [0.2, 0.25) is 0 Å². The number of morpholine rings is 1. The van der Waals surface area contributed by atoms with Crippen LogP contribution in [-0.4, -0.2) is 73.1 Å². The van der Waals surface area contributed by atoms with Crippen LogP contribution in [0.5, 0.6) is 0 Å². The smallest absolute Gasteiger partial charge is 0.225 e. The number of aromatic nitrogens is 1. The number of rotatable bonds is 3. The van der Waals surface area contributed by atoms with Gasteiger partial charge in [-0.05, 0) is 12.8 Å². The highest BCUT2D eigenvalue weighted by Crippen LogP contribution is 2.23. The fraction of sp³-hybridized carbons (Fsp3) is 0.750. The average Bonchev–Trinajstić information content (AvgIpc) is 3.19. The highest BCUT2D eigenvalue weighted by atomic mass is 127. The largest absolute Gasteiger partial charge is 0.443 e. The number of piperidine rings is 1. The van der Waals surface area contributed by atoms with E-state index >= 15 is 0 Å². The molecule has 1 aromatic heterocycles. The summed E-state index contributed by atoms with van der Waals surface area (Å²) in [6.07, 6.45) is 3.50. The quantitative estimate of drug-likeness (QED) is 0.375. The third kappa shape index (κ3) is 6.31. The Morgan fingerprint density at radius 1 is 1.21 bits per heavy atom. The van der Waals surface area contributed by atoms with E-state index in [0.717, 1.165) is 50.7 Å². The molecule has 0 unspecified atom stereocenters. The summed E-state index contributed by atoms with van der Waals surface area (Å²) >= 11 is 0. The van der Waals surface area contributed by atoms with Gasteiger partial charge < -0.3 is 24.3 Å². The third-order valence-electron chi connectivity index (χ3n) is 5.37. The minimum Gasteiger partial charge on any atom is -0.443 e. The molecule has 0 aliphatic carbocycles. The number of hydrogen-bond donors (Lipinski definition) is 1. The molecule has 1 aromatic rings. The van der Waals surface area contributed by atoms with Gasteiger partial charge in [-0.3, -0.25) is 9.79 Å². The van der Waals surface area contributed by atoms with E-state index in [-0.39, 0.29) is 41.2 Å². The van der Waals surface area contributed by atoms with Crippen molar-refractivity contribution >= 4 is 35.8 Å². The van der Waals surface area contributed by atoms with E-state index in [0.29, 0.717) is 25.6 Å². The lowest BCUT2D eigenvalue weighted by Gasteiger charge is -2.36. The highest BCUT2D eigenvalue weighted by molar-refractivity contribution is 14.0. The van der Waals surface area contributed by atoms with E-state index in [2.05, 4.69) is 41.0 Å². The van der Waals surface area contributed by atoms with Crippen molar-refractivity contribution in [3.8, 4) is 0 Å². The molecule has 0 radical (unpaired) electrons. The van der Waals surface area contributed by atoms with Crippen molar-refractivity contribution in [1.82, 2.24) is 20.1 Å². The lowest BCUT2D eigenvalue weighted by Crippen LogP contribution is -2.49. The first kappa shape index (κ1) is 23.9. The minimum absolute atomic E-state index is 0. The summed E-state index contributed by atoms with van der Waals surface area (Å²) in [4.78, 5) is 25.6. The first-order chi connectivity index (χ1) is 13.4. The van der Waals surface area contributed by atoms with Crippen LogP contribution in [0.1, 0.15) is 45.3 Å². The van der Waals surface area contributed by atoms with Crippen molar-refractivity contribution in [2.75, 3.05) is 46.4 Å². The number of oxazole rings is 1. The standard InChI is InChI=1S/C20H33N5O3.HI/c1-20(2,3)16-13-22-17(28-16)14-23-19(21-4)25-7-5-15(6-8-25)18(26)24-9-11-27-12-10-24;/h13,15H,5-12,14H2,1-4H3,(H,21,23);1H. The van der Waals surface area contributed by atoms with Crippen molar-refractivity contribution in [2.45, 2.75) is 45.6 Å². The Morgan fingerprint density at radius 3 is 2.41 bits per heavy atom. The molecular formula is C20H34IN5O3. The SMILES string of the molecule is CN=C(NCc1ncc(C(C)(C)C)o1)N1CCC(C(=O)N2CCOCC2)CC1.I. The summed E-state index contributed by atoms with van der Waals surface area (Å²) in [5, 5.41) is 3.34. The summed E-state index contributed by atoms with van der Waals surface area (Å²) < 4.78 is 11.2. The van der Waals surface area contributed by atoms with Gasteiger partial charge in [-0.25, -0.2) is 4.98 Å². The number of carbonyl (C=O) groups excluding carboxylic acids is 1. The Balaban J connectivity index is 0.00000300. The topological polar surface area (TPSA) is 83.2 Å². The molecule has 0 saturated carbocycles. The second-order valence-electron chi connectivity index (χ2n) is 8.47. The molecule has 2 saturated heterocycles. The Morgan fingerprint density at radius 2 is 1.86 bits per heavy atom. The lowest BCUT2D eigenvalue weighted by atomic mass is 9.94. The Hall–Kier alpha value is -1.36. The first-order valence-corrected chi connectivity index (χ1v) is 10.2. The zero-order valence-corrected chi connectivity index (χ0v) is 20.3. The van der Waals surface area contributed by atoms with Gasteiger partial charge in [0.25, 0.3) is 0 Å². The molecule has 2 fully saturated rings. The maximum atomic E-state index is 12.7. The normalized spacial score (nSPS) is 19.1. The molecule has 3 rings (SSSR count). The van der Waals surface area contributed by atoms with Crippen LogP contribution >= 0.6 is 24.0 Å². The molecule has 8 nitrogen and oxygen atoms in total. The van der Waals surface area contributed by atoms with Gasteiger partial charge in [0.1, 0.15) is 5.76 Å². The van der Waals surface area contributed by atoms with Crippen LogP contribution < -0.4 is 5.32 Å². The van der Waals surface area contributed by atoms with Crippen molar-refractivity contribution in [3.05, 3.63) is 17.8 Å². The molecule has 0 atom stereocenters. The summed E-state index contributed by atoms with van der Waals surface area (Å²) in [5.41, 5.74) is -0.0537. The molecule has 164 valence electrons. The third-order valence-corrected chi connectivity index (χ3v) is 5.37. The molecule has 2 aliphatic heterocycles. The van der Waals surface area contributed by atoms with Crippen LogP contribution in [0.4, 0.5) is 0 Å². The number of amides is 1. The number of hydrogen-bond acceptors (Lipinski definition) is 5. The van der Waals surface area contributed by atoms with Gasteiger partial charge in [0, 0.05) is 44.6 Å². The van der Waals surface area contributed by atoms with Crippen LogP contribution in [0, 0.1) is 5.92 Å². The molecule has 2 aliphatic rings. The monoisotopic (exact) mass is 519 g/mol. The van der Waals surface area contributed by atoms with E-state index in [4.69, 9.17) is 9.15 Å². The summed E-state index contributed by atoms with van der Waals surface area (Å²) in [6, 6.07) is 0. The van der Waals surface area contributed by atoms with E-state index in [1.165, 1.54) is 0 Å². The molecule has 3 heterocycles. The number of ether oxygens (including phenoxy) is 1.